The molecule has 0 saturated carbocycles. The van der Waals surface area contributed by atoms with Gasteiger partial charge in [0.25, 0.3) is 0 Å². The molecule has 6 heteroatoms. The van der Waals surface area contributed by atoms with Gasteiger partial charge in [-0.2, -0.15) is 4.39 Å². The van der Waals surface area contributed by atoms with Crippen LogP contribution in [0.4, 0.5) is 10.1 Å². The van der Waals surface area contributed by atoms with Gasteiger partial charge in [-0.05, 0) is 13.0 Å². The zero-order chi connectivity index (χ0) is 14.0. The van der Waals surface area contributed by atoms with E-state index in [1.807, 2.05) is 0 Å². The molecule has 0 aliphatic carbocycles. The van der Waals surface area contributed by atoms with E-state index in [2.05, 4.69) is 0 Å². The van der Waals surface area contributed by atoms with E-state index in [9.17, 15) is 19.3 Å². The van der Waals surface area contributed by atoms with E-state index in [1.54, 1.807) is 23.0 Å². The average Bonchev–Trinajstić information content (AvgIpc) is 2.80. The van der Waals surface area contributed by atoms with Crippen molar-refractivity contribution in [1.29, 1.82) is 0 Å². The van der Waals surface area contributed by atoms with E-state index < -0.39 is 16.4 Å². The van der Waals surface area contributed by atoms with E-state index in [4.69, 9.17) is 0 Å². The molecule has 0 aliphatic rings. The third-order valence-electron chi connectivity index (χ3n) is 2.76. The number of aromatic nitrogens is 1. The number of rotatable bonds is 4. The lowest BCUT2D eigenvalue weighted by atomic mass is 10.2. The Hall–Kier alpha value is -2.50. The number of hydrogen-bond donors (Lipinski definition) is 0. The number of benzene rings is 1. The fourth-order valence-corrected chi connectivity index (χ4v) is 1.77. The molecule has 5 nitrogen and oxygen atoms in total. The minimum absolute atomic E-state index is 0.0849. The summed E-state index contributed by atoms with van der Waals surface area (Å²) in [6.07, 6.45) is 3.22. The molecular formula is C13H11FN2O3. The second-order valence-corrected chi connectivity index (χ2v) is 4.14. The van der Waals surface area contributed by atoms with Gasteiger partial charge in [0.05, 0.1) is 11.5 Å². The van der Waals surface area contributed by atoms with Crippen molar-refractivity contribution in [2.24, 2.45) is 0 Å². The van der Waals surface area contributed by atoms with Crippen LogP contribution < -0.4 is 0 Å². The van der Waals surface area contributed by atoms with Crippen LogP contribution in [-0.2, 0) is 6.54 Å². The van der Waals surface area contributed by atoms with Gasteiger partial charge in [-0.3, -0.25) is 14.9 Å². The van der Waals surface area contributed by atoms with Crippen molar-refractivity contribution in [1.82, 2.24) is 4.57 Å². The van der Waals surface area contributed by atoms with Crippen molar-refractivity contribution in [2.75, 3.05) is 0 Å². The van der Waals surface area contributed by atoms with Gasteiger partial charge in [0.15, 0.2) is 5.78 Å². The molecule has 0 N–H and O–H groups in total. The Morgan fingerprint density at radius 1 is 1.42 bits per heavy atom. The maximum absolute atomic E-state index is 13.9. The van der Waals surface area contributed by atoms with Crippen molar-refractivity contribution in [3.63, 3.8) is 0 Å². The van der Waals surface area contributed by atoms with E-state index in [1.165, 1.54) is 19.1 Å². The van der Waals surface area contributed by atoms with Crippen molar-refractivity contribution >= 4 is 11.5 Å². The smallest absolute Gasteiger partial charge is 0.305 e. The van der Waals surface area contributed by atoms with E-state index >= 15 is 0 Å². The van der Waals surface area contributed by atoms with Crippen LogP contribution in [-0.4, -0.2) is 15.3 Å². The fourth-order valence-electron chi connectivity index (χ4n) is 1.77. The molecule has 0 atom stereocenters. The normalized spacial score (nSPS) is 10.4. The van der Waals surface area contributed by atoms with Crippen LogP contribution in [0.2, 0.25) is 0 Å². The Kier molecular flexibility index (Phi) is 3.41. The number of carbonyl (C=O) groups excluding carboxylic acids is 1. The van der Waals surface area contributed by atoms with Crippen LogP contribution in [0.5, 0.6) is 0 Å². The molecule has 0 bridgehead atoms. The Balaban J connectivity index is 2.30. The Bertz CT molecular complexity index is 649. The molecular weight excluding hydrogens is 251 g/mol. The second-order valence-electron chi connectivity index (χ2n) is 4.14. The molecule has 0 saturated heterocycles. The number of carbonyl (C=O) groups is 1. The molecule has 1 heterocycles. The first kappa shape index (κ1) is 12.9. The maximum atomic E-state index is 13.9. The molecule has 19 heavy (non-hydrogen) atoms. The lowest BCUT2D eigenvalue weighted by Crippen LogP contribution is -2.02. The molecule has 98 valence electrons. The predicted molar refractivity (Wildman–Crippen MR) is 66.6 cm³/mol. The van der Waals surface area contributed by atoms with Gasteiger partial charge >= 0.3 is 5.69 Å². The Morgan fingerprint density at radius 3 is 2.74 bits per heavy atom. The molecule has 0 aliphatic heterocycles. The molecule has 2 aromatic rings. The van der Waals surface area contributed by atoms with Crippen molar-refractivity contribution < 1.29 is 14.1 Å². The average molecular weight is 262 g/mol. The number of ketones is 1. The summed E-state index contributed by atoms with van der Waals surface area (Å²) in [5, 5.41) is 10.6. The lowest BCUT2D eigenvalue weighted by molar-refractivity contribution is -0.387. The number of Topliss-reactive ketones (excluding diaryl/α,β-unsaturated/α-hetero) is 1. The summed E-state index contributed by atoms with van der Waals surface area (Å²) in [4.78, 5) is 21.0. The van der Waals surface area contributed by atoms with Crippen molar-refractivity contribution in [3.05, 3.63) is 63.7 Å². The SMILES string of the molecule is CC(=O)c1ccn(Cc2cccc([N+](=O)[O-])c2F)c1. The summed E-state index contributed by atoms with van der Waals surface area (Å²) in [7, 11) is 0. The van der Waals surface area contributed by atoms with Gasteiger partial charge in [-0.25, -0.2) is 0 Å². The van der Waals surface area contributed by atoms with Crippen LogP contribution in [0.25, 0.3) is 0 Å². The van der Waals surface area contributed by atoms with Gasteiger partial charge in [0, 0.05) is 29.6 Å². The highest BCUT2D eigenvalue weighted by Gasteiger charge is 2.17. The Morgan fingerprint density at radius 2 is 2.16 bits per heavy atom. The van der Waals surface area contributed by atoms with Crippen LogP contribution in [0, 0.1) is 15.9 Å². The molecule has 2 rings (SSSR count). The van der Waals surface area contributed by atoms with E-state index in [0.717, 1.165) is 6.07 Å². The van der Waals surface area contributed by atoms with E-state index in [-0.39, 0.29) is 17.9 Å². The van der Waals surface area contributed by atoms with E-state index in [0.29, 0.717) is 5.56 Å². The number of hydrogen-bond acceptors (Lipinski definition) is 3. The number of nitro benzene ring substituents is 1. The Labute approximate surface area is 108 Å². The predicted octanol–water partition coefficient (Wildman–Crippen LogP) is 2.79. The number of halogens is 1. The summed E-state index contributed by atoms with van der Waals surface area (Å²) in [5.41, 5.74) is 0.183. The molecule has 0 unspecified atom stereocenters. The number of nitrogens with zero attached hydrogens (tertiary/aromatic N) is 2. The van der Waals surface area contributed by atoms with Gasteiger partial charge in [-0.15, -0.1) is 0 Å². The fraction of sp³-hybridized carbons (Fsp3) is 0.154. The summed E-state index contributed by atoms with van der Waals surface area (Å²) >= 11 is 0. The first-order valence-corrected chi connectivity index (χ1v) is 5.57. The quantitative estimate of drug-likeness (QED) is 0.483. The molecule has 0 radical (unpaired) electrons. The highest BCUT2D eigenvalue weighted by Crippen LogP contribution is 2.21. The van der Waals surface area contributed by atoms with Crippen molar-refractivity contribution in [2.45, 2.75) is 13.5 Å². The maximum Gasteiger partial charge on any atom is 0.305 e. The van der Waals surface area contributed by atoms with Crippen LogP contribution in [0.15, 0.2) is 36.7 Å². The third kappa shape index (κ3) is 2.67. The molecule has 0 spiro atoms. The zero-order valence-corrected chi connectivity index (χ0v) is 10.2. The minimum atomic E-state index is -0.842. The van der Waals surface area contributed by atoms with Crippen LogP contribution in [0.1, 0.15) is 22.8 Å². The molecule has 0 amide bonds. The standard InChI is InChI=1S/C13H11FN2O3/c1-9(17)10-5-6-15(7-10)8-11-3-2-4-12(13(11)14)16(18)19/h2-7H,8H2,1H3. The lowest BCUT2D eigenvalue weighted by Gasteiger charge is -2.04. The van der Waals surface area contributed by atoms with Gasteiger partial charge < -0.3 is 4.57 Å². The highest BCUT2D eigenvalue weighted by molar-refractivity contribution is 5.93. The summed E-state index contributed by atoms with van der Waals surface area (Å²) in [5.74, 6) is -0.927. The van der Waals surface area contributed by atoms with Crippen molar-refractivity contribution in [3.8, 4) is 0 Å². The van der Waals surface area contributed by atoms with Gasteiger partial charge in [0.1, 0.15) is 0 Å². The van der Waals surface area contributed by atoms with Gasteiger partial charge in [0.2, 0.25) is 5.82 Å². The topological polar surface area (TPSA) is 65.1 Å². The zero-order valence-electron chi connectivity index (χ0n) is 10.2. The van der Waals surface area contributed by atoms with Gasteiger partial charge in [-0.1, -0.05) is 12.1 Å². The molecule has 0 fully saturated rings. The number of nitro groups is 1. The summed E-state index contributed by atoms with van der Waals surface area (Å²) in [6.45, 7) is 1.58. The first-order chi connectivity index (χ1) is 8.99. The highest BCUT2D eigenvalue weighted by atomic mass is 19.1. The molecule has 1 aromatic carbocycles. The van der Waals surface area contributed by atoms with Crippen LogP contribution in [0.3, 0.4) is 0 Å². The summed E-state index contributed by atoms with van der Waals surface area (Å²) < 4.78 is 15.5. The summed E-state index contributed by atoms with van der Waals surface area (Å²) in [6, 6.07) is 5.66. The molecule has 1 aromatic heterocycles. The first-order valence-electron chi connectivity index (χ1n) is 5.57. The van der Waals surface area contributed by atoms with Crippen LogP contribution >= 0.6 is 0 Å². The third-order valence-corrected chi connectivity index (χ3v) is 2.76. The monoisotopic (exact) mass is 262 g/mol. The second kappa shape index (κ2) is 5.01. The minimum Gasteiger partial charge on any atom is -0.349 e. The largest absolute Gasteiger partial charge is 0.349 e.